The van der Waals surface area contributed by atoms with Gasteiger partial charge in [0, 0.05) is 25.1 Å². The third-order valence-electron chi connectivity index (χ3n) is 6.73. The Hall–Kier alpha value is -4.20. The van der Waals surface area contributed by atoms with Gasteiger partial charge in [-0.25, -0.2) is 4.98 Å². The fourth-order valence-electron chi connectivity index (χ4n) is 4.74. The molecule has 0 atom stereocenters. The molecule has 206 valence electrons. The summed E-state index contributed by atoms with van der Waals surface area (Å²) in [5, 5.41) is 3.00. The van der Waals surface area contributed by atoms with E-state index >= 15 is 0 Å². The maximum atomic E-state index is 12.9. The first kappa shape index (κ1) is 27.8. The van der Waals surface area contributed by atoms with Crippen LogP contribution in [-0.4, -0.2) is 49.9 Å². The van der Waals surface area contributed by atoms with E-state index in [1.54, 1.807) is 12.1 Å². The molecule has 0 radical (unpaired) electrons. The Bertz CT molecular complexity index is 1380. The Balaban J connectivity index is 1.38. The molecule has 0 saturated heterocycles. The topological polar surface area (TPSA) is 83.8 Å². The SMILES string of the molecule is COc1cc(C(=O)NCCc2nc3ccccc3n2CCCCOc2c(C)cccc2C)cc(OC)c1OC. The number of imidazole rings is 1. The molecule has 0 bridgehead atoms. The fourth-order valence-corrected chi connectivity index (χ4v) is 4.74. The number of unbranched alkanes of at least 4 members (excludes halogenated alkanes) is 1. The number of ether oxygens (including phenoxy) is 4. The fraction of sp³-hybridized carbons (Fsp3) is 0.355. The van der Waals surface area contributed by atoms with Gasteiger partial charge in [0.1, 0.15) is 11.6 Å². The zero-order valence-electron chi connectivity index (χ0n) is 23.4. The zero-order valence-corrected chi connectivity index (χ0v) is 23.4. The molecule has 4 aromatic rings. The van der Waals surface area contributed by atoms with Crippen LogP contribution in [0.3, 0.4) is 0 Å². The number of para-hydroxylation sites is 3. The molecule has 0 aliphatic rings. The van der Waals surface area contributed by atoms with Crippen LogP contribution in [-0.2, 0) is 13.0 Å². The molecule has 3 aromatic carbocycles. The molecule has 0 aliphatic heterocycles. The maximum absolute atomic E-state index is 12.9. The van der Waals surface area contributed by atoms with E-state index in [4.69, 9.17) is 23.9 Å². The molecule has 4 rings (SSSR count). The summed E-state index contributed by atoms with van der Waals surface area (Å²) in [6.07, 6.45) is 2.48. The summed E-state index contributed by atoms with van der Waals surface area (Å²) in [6, 6.07) is 17.6. The molecule has 1 amide bonds. The summed E-state index contributed by atoms with van der Waals surface area (Å²) in [4.78, 5) is 17.8. The Morgan fingerprint density at radius 1 is 0.872 bits per heavy atom. The first-order valence-corrected chi connectivity index (χ1v) is 13.2. The highest BCUT2D eigenvalue weighted by Crippen LogP contribution is 2.38. The number of aryl methyl sites for hydroxylation is 3. The van der Waals surface area contributed by atoms with Crippen LogP contribution in [0.15, 0.2) is 54.6 Å². The van der Waals surface area contributed by atoms with Gasteiger partial charge in [0.2, 0.25) is 5.75 Å². The van der Waals surface area contributed by atoms with Gasteiger partial charge in [-0.3, -0.25) is 4.79 Å². The number of fused-ring (bicyclic) bond motifs is 1. The molecule has 1 N–H and O–H groups in total. The standard InChI is InChI=1S/C31H37N3O5/c1-21-11-10-12-22(2)29(21)39-18-9-8-17-34-25-14-7-6-13-24(25)33-28(34)15-16-32-31(35)23-19-26(36-3)30(38-5)27(20-23)37-4/h6-7,10-14,19-20H,8-9,15-18H2,1-5H3,(H,32,35). The molecule has 0 spiro atoms. The van der Waals surface area contributed by atoms with Crippen molar-refractivity contribution in [2.24, 2.45) is 0 Å². The molecule has 0 fully saturated rings. The lowest BCUT2D eigenvalue weighted by molar-refractivity contribution is 0.0953. The van der Waals surface area contributed by atoms with Gasteiger partial charge in [0.25, 0.3) is 5.91 Å². The van der Waals surface area contributed by atoms with E-state index in [2.05, 4.69) is 48.0 Å². The van der Waals surface area contributed by atoms with Crippen LogP contribution in [0.2, 0.25) is 0 Å². The van der Waals surface area contributed by atoms with Crippen molar-refractivity contribution in [3.8, 4) is 23.0 Å². The van der Waals surface area contributed by atoms with Crippen molar-refractivity contribution in [3.05, 3.63) is 77.1 Å². The van der Waals surface area contributed by atoms with Crippen molar-refractivity contribution in [3.63, 3.8) is 0 Å². The molecular formula is C31H37N3O5. The summed E-state index contributed by atoms with van der Waals surface area (Å²) in [6.45, 7) is 6.08. The van der Waals surface area contributed by atoms with Gasteiger partial charge in [-0.2, -0.15) is 0 Å². The predicted molar refractivity (Wildman–Crippen MR) is 153 cm³/mol. The number of nitrogens with zero attached hydrogens (tertiary/aromatic N) is 2. The van der Waals surface area contributed by atoms with Gasteiger partial charge < -0.3 is 28.8 Å². The number of amides is 1. The summed E-state index contributed by atoms with van der Waals surface area (Å²) >= 11 is 0. The second-order valence-corrected chi connectivity index (χ2v) is 9.36. The van der Waals surface area contributed by atoms with Crippen LogP contribution in [0.5, 0.6) is 23.0 Å². The molecule has 0 aliphatic carbocycles. The predicted octanol–water partition coefficient (Wildman–Crippen LogP) is 5.51. The van der Waals surface area contributed by atoms with Gasteiger partial charge in [-0.05, 0) is 62.1 Å². The summed E-state index contributed by atoms with van der Waals surface area (Å²) in [5.74, 6) is 3.02. The maximum Gasteiger partial charge on any atom is 0.251 e. The average molecular weight is 532 g/mol. The number of rotatable bonds is 13. The molecule has 0 unspecified atom stereocenters. The molecule has 1 heterocycles. The van der Waals surface area contributed by atoms with E-state index in [9.17, 15) is 4.79 Å². The highest BCUT2D eigenvalue weighted by atomic mass is 16.5. The first-order chi connectivity index (χ1) is 19.0. The van der Waals surface area contributed by atoms with Crippen LogP contribution in [0.1, 0.15) is 40.2 Å². The van der Waals surface area contributed by atoms with Crippen molar-refractivity contribution < 1.29 is 23.7 Å². The van der Waals surface area contributed by atoms with Crippen LogP contribution < -0.4 is 24.3 Å². The van der Waals surface area contributed by atoms with Gasteiger partial charge in [-0.1, -0.05) is 30.3 Å². The Morgan fingerprint density at radius 3 is 2.23 bits per heavy atom. The van der Waals surface area contributed by atoms with Gasteiger partial charge >= 0.3 is 0 Å². The van der Waals surface area contributed by atoms with Crippen molar-refractivity contribution in [2.45, 2.75) is 39.7 Å². The van der Waals surface area contributed by atoms with Crippen LogP contribution in [0, 0.1) is 13.8 Å². The van der Waals surface area contributed by atoms with Gasteiger partial charge in [0.15, 0.2) is 11.5 Å². The van der Waals surface area contributed by atoms with Crippen molar-refractivity contribution in [1.29, 1.82) is 0 Å². The first-order valence-electron chi connectivity index (χ1n) is 13.2. The third kappa shape index (κ3) is 6.45. The average Bonchev–Trinajstić information content (AvgIpc) is 3.30. The smallest absolute Gasteiger partial charge is 0.251 e. The van der Waals surface area contributed by atoms with E-state index in [1.807, 2.05) is 18.2 Å². The number of hydrogen-bond donors (Lipinski definition) is 1. The zero-order chi connectivity index (χ0) is 27.8. The summed E-state index contributed by atoms with van der Waals surface area (Å²) in [7, 11) is 4.59. The van der Waals surface area contributed by atoms with E-state index in [1.165, 1.54) is 21.3 Å². The molecule has 1 aromatic heterocycles. The third-order valence-corrected chi connectivity index (χ3v) is 6.73. The minimum Gasteiger partial charge on any atom is -0.493 e. The molecule has 8 nitrogen and oxygen atoms in total. The Morgan fingerprint density at radius 2 is 1.56 bits per heavy atom. The van der Waals surface area contributed by atoms with E-state index in [-0.39, 0.29) is 5.91 Å². The number of methoxy groups -OCH3 is 3. The highest BCUT2D eigenvalue weighted by Gasteiger charge is 2.17. The Labute approximate surface area is 229 Å². The van der Waals surface area contributed by atoms with Crippen molar-refractivity contribution in [1.82, 2.24) is 14.9 Å². The molecule has 39 heavy (non-hydrogen) atoms. The quantitative estimate of drug-likeness (QED) is 0.229. The number of carbonyl (C=O) groups is 1. The van der Waals surface area contributed by atoms with Crippen LogP contribution in [0.4, 0.5) is 0 Å². The monoisotopic (exact) mass is 531 g/mol. The number of benzene rings is 3. The van der Waals surface area contributed by atoms with Crippen LogP contribution in [0.25, 0.3) is 11.0 Å². The normalized spacial score (nSPS) is 10.9. The number of carbonyl (C=O) groups excluding carboxylic acids is 1. The number of aromatic nitrogens is 2. The molecule has 0 saturated carbocycles. The van der Waals surface area contributed by atoms with E-state index in [0.717, 1.165) is 53.1 Å². The summed E-state index contributed by atoms with van der Waals surface area (Å²) in [5.41, 5.74) is 4.80. The van der Waals surface area contributed by atoms with Gasteiger partial charge in [-0.15, -0.1) is 0 Å². The lowest BCUT2D eigenvalue weighted by atomic mass is 10.1. The minimum absolute atomic E-state index is 0.222. The lowest BCUT2D eigenvalue weighted by Crippen LogP contribution is -2.26. The minimum atomic E-state index is -0.222. The van der Waals surface area contributed by atoms with E-state index in [0.29, 0.717) is 42.4 Å². The lowest BCUT2D eigenvalue weighted by Gasteiger charge is -2.14. The number of hydrogen-bond acceptors (Lipinski definition) is 6. The Kier molecular flexibility index (Phi) is 9.31. The summed E-state index contributed by atoms with van der Waals surface area (Å²) < 4.78 is 24.4. The van der Waals surface area contributed by atoms with E-state index < -0.39 is 0 Å². The van der Waals surface area contributed by atoms with Gasteiger partial charge in [0.05, 0.1) is 39.0 Å². The number of nitrogens with one attached hydrogen (secondary N) is 1. The van der Waals surface area contributed by atoms with Crippen molar-refractivity contribution >= 4 is 16.9 Å². The second-order valence-electron chi connectivity index (χ2n) is 9.36. The molecular weight excluding hydrogens is 494 g/mol. The highest BCUT2D eigenvalue weighted by molar-refractivity contribution is 5.95. The largest absolute Gasteiger partial charge is 0.493 e. The second kappa shape index (κ2) is 13.0. The molecule has 8 heteroatoms. The van der Waals surface area contributed by atoms with Crippen molar-refractivity contribution in [2.75, 3.05) is 34.5 Å². The van der Waals surface area contributed by atoms with Crippen LogP contribution >= 0.6 is 0 Å².